The van der Waals surface area contributed by atoms with Crippen LogP contribution in [-0.2, 0) is 0 Å². The fraction of sp³-hybridized carbons (Fsp3) is 0.200. The van der Waals surface area contributed by atoms with E-state index in [9.17, 15) is 0 Å². The van der Waals surface area contributed by atoms with E-state index >= 15 is 0 Å². The maximum atomic E-state index is 8.70. The van der Waals surface area contributed by atoms with Crippen molar-refractivity contribution in [3.63, 3.8) is 0 Å². The predicted molar refractivity (Wildman–Crippen MR) is 33.5 cm³/mol. The monoisotopic (exact) mass is 129 g/mol. The Bertz CT molecular complexity index is 147. The third-order valence-electron chi connectivity index (χ3n) is 0.885. The number of aliphatic hydroxyl groups excluding tert-OH is 1. The summed E-state index contributed by atoms with van der Waals surface area (Å²) in [6.45, 7) is 0. The van der Waals surface area contributed by atoms with Gasteiger partial charge in [0.1, 0.15) is 6.23 Å². The number of thiophene rings is 1. The lowest BCUT2D eigenvalue weighted by Gasteiger charge is -1.96. The molecule has 0 amide bonds. The summed E-state index contributed by atoms with van der Waals surface area (Å²) >= 11 is 1.53. The van der Waals surface area contributed by atoms with Gasteiger partial charge in [-0.1, -0.05) is 0 Å². The molecule has 0 spiro atoms. The molecular formula is C5H7NOS. The summed E-state index contributed by atoms with van der Waals surface area (Å²) < 4.78 is 0. The standard InChI is InChI=1S/C5H7NOS/c6-5(7)4-1-2-8-3-4/h1-3,5,7H,6H2/t5-/m0/s1. The molecule has 1 rings (SSSR count). The van der Waals surface area contributed by atoms with E-state index in [1.807, 2.05) is 10.8 Å². The Hall–Kier alpha value is -0.380. The summed E-state index contributed by atoms with van der Waals surface area (Å²) in [4.78, 5) is 0. The Morgan fingerprint density at radius 1 is 1.75 bits per heavy atom. The summed E-state index contributed by atoms with van der Waals surface area (Å²) in [6, 6.07) is 1.80. The minimum absolute atomic E-state index is 0.787. The van der Waals surface area contributed by atoms with Gasteiger partial charge in [0.2, 0.25) is 0 Å². The summed E-state index contributed by atoms with van der Waals surface area (Å²) in [5.41, 5.74) is 5.91. The van der Waals surface area contributed by atoms with E-state index in [1.165, 1.54) is 11.3 Å². The van der Waals surface area contributed by atoms with Gasteiger partial charge >= 0.3 is 0 Å². The molecule has 0 aromatic carbocycles. The largest absolute Gasteiger partial charge is 0.375 e. The highest BCUT2D eigenvalue weighted by Crippen LogP contribution is 2.10. The molecule has 0 fully saturated rings. The Balaban J connectivity index is 2.77. The molecule has 3 N–H and O–H groups in total. The fourth-order valence-corrected chi connectivity index (χ4v) is 1.13. The molecule has 0 aliphatic heterocycles. The van der Waals surface area contributed by atoms with Gasteiger partial charge < -0.3 is 10.8 Å². The van der Waals surface area contributed by atoms with Crippen molar-refractivity contribution in [1.29, 1.82) is 0 Å². The highest BCUT2D eigenvalue weighted by Gasteiger charge is 1.97. The molecule has 44 valence electrons. The molecule has 0 bridgehead atoms. The predicted octanol–water partition coefficient (Wildman–Crippen LogP) is 0.698. The molecule has 0 saturated heterocycles. The lowest BCUT2D eigenvalue weighted by molar-refractivity contribution is 0.187. The van der Waals surface area contributed by atoms with Crippen LogP contribution in [-0.4, -0.2) is 5.11 Å². The van der Waals surface area contributed by atoms with Crippen LogP contribution in [0.25, 0.3) is 0 Å². The molecule has 8 heavy (non-hydrogen) atoms. The average Bonchev–Trinajstić information content (AvgIpc) is 2.12. The lowest BCUT2D eigenvalue weighted by atomic mass is 10.3. The van der Waals surface area contributed by atoms with Crippen molar-refractivity contribution < 1.29 is 5.11 Å². The zero-order chi connectivity index (χ0) is 5.98. The molecule has 0 saturated carbocycles. The quantitative estimate of drug-likeness (QED) is 0.548. The zero-order valence-electron chi connectivity index (χ0n) is 4.24. The summed E-state index contributed by atoms with van der Waals surface area (Å²) in [6.07, 6.45) is -0.804. The number of nitrogens with two attached hydrogens (primary N) is 1. The smallest absolute Gasteiger partial charge is 0.129 e. The van der Waals surface area contributed by atoms with Crippen molar-refractivity contribution in [1.82, 2.24) is 0 Å². The third-order valence-corrected chi connectivity index (χ3v) is 1.59. The average molecular weight is 129 g/mol. The van der Waals surface area contributed by atoms with Crippen molar-refractivity contribution >= 4 is 11.3 Å². The van der Waals surface area contributed by atoms with E-state index < -0.39 is 6.23 Å². The van der Waals surface area contributed by atoms with Crippen LogP contribution in [0.4, 0.5) is 0 Å². The molecule has 1 atom stereocenters. The van der Waals surface area contributed by atoms with Gasteiger partial charge in [-0.05, 0) is 16.8 Å². The van der Waals surface area contributed by atoms with Gasteiger partial charge in [0.05, 0.1) is 0 Å². The zero-order valence-corrected chi connectivity index (χ0v) is 5.06. The van der Waals surface area contributed by atoms with Crippen LogP contribution in [0.1, 0.15) is 11.8 Å². The van der Waals surface area contributed by atoms with Gasteiger partial charge in [-0.15, -0.1) is 0 Å². The second-order valence-electron chi connectivity index (χ2n) is 1.50. The molecular weight excluding hydrogens is 122 g/mol. The second-order valence-corrected chi connectivity index (χ2v) is 2.28. The highest BCUT2D eigenvalue weighted by molar-refractivity contribution is 7.07. The summed E-state index contributed by atoms with van der Waals surface area (Å²) in [5.74, 6) is 0. The topological polar surface area (TPSA) is 46.2 Å². The van der Waals surface area contributed by atoms with E-state index in [4.69, 9.17) is 10.8 Å². The van der Waals surface area contributed by atoms with Crippen LogP contribution in [0.5, 0.6) is 0 Å². The van der Waals surface area contributed by atoms with Crippen LogP contribution < -0.4 is 5.73 Å². The molecule has 0 radical (unpaired) electrons. The van der Waals surface area contributed by atoms with E-state index in [-0.39, 0.29) is 0 Å². The Labute approximate surface area is 51.6 Å². The van der Waals surface area contributed by atoms with E-state index in [2.05, 4.69) is 0 Å². The van der Waals surface area contributed by atoms with Crippen molar-refractivity contribution in [3.05, 3.63) is 22.4 Å². The SMILES string of the molecule is N[C@@H](O)c1ccsc1. The molecule has 2 nitrogen and oxygen atoms in total. The number of hydrogen-bond acceptors (Lipinski definition) is 3. The molecule has 1 aromatic rings. The van der Waals surface area contributed by atoms with Gasteiger partial charge in [0.15, 0.2) is 0 Å². The van der Waals surface area contributed by atoms with Gasteiger partial charge in [-0.3, -0.25) is 0 Å². The third kappa shape index (κ3) is 1.06. The van der Waals surface area contributed by atoms with Gasteiger partial charge in [-0.25, -0.2) is 0 Å². The first-order chi connectivity index (χ1) is 3.80. The van der Waals surface area contributed by atoms with Crippen molar-refractivity contribution in [2.45, 2.75) is 6.23 Å². The van der Waals surface area contributed by atoms with Gasteiger partial charge in [0, 0.05) is 5.56 Å². The van der Waals surface area contributed by atoms with Crippen LogP contribution in [0.3, 0.4) is 0 Å². The minimum Gasteiger partial charge on any atom is -0.375 e. The minimum atomic E-state index is -0.804. The molecule has 1 aromatic heterocycles. The van der Waals surface area contributed by atoms with Crippen molar-refractivity contribution in [2.75, 3.05) is 0 Å². The number of aliphatic hydroxyl groups is 1. The van der Waals surface area contributed by atoms with E-state index in [0.717, 1.165) is 5.56 Å². The van der Waals surface area contributed by atoms with Crippen LogP contribution in [0, 0.1) is 0 Å². The molecule has 1 heterocycles. The van der Waals surface area contributed by atoms with Gasteiger partial charge in [0.25, 0.3) is 0 Å². The van der Waals surface area contributed by atoms with Crippen molar-refractivity contribution in [2.24, 2.45) is 5.73 Å². The summed E-state index contributed by atoms with van der Waals surface area (Å²) in [7, 11) is 0. The van der Waals surface area contributed by atoms with Crippen LogP contribution in [0.2, 0.25) is 0 Å². The number of hydrogen-bond donors (Lipinski definition) is 2. The Morgan fingerprint density at radius 3 is 2.75 bits per heavy atom. The Morgan fingerprint density at radius 2 is 2.50 bits per heavy atom. The Kier molecular flexibility index (Phi) is 1.62. The van der Waals surface area contributed by atoms with E-state index in [0.29, 0.717) is 0 Å². The second kappa shape index (κ2) is 2.26. The number of rotatable bonds is 1. The first-order valence-electron chi connectivity index (χ1n) is 2.26. The molecule has 0 unspecified atom stereocenters. The molecule has 0 aliphatic carbocycles. The van der Waals surface area contributed by atoms with E-state index in [1.54, 1.807) is 6.07 Å². The maximum Gasteiger partial charge on any atom is 0.129 e. The van der Waals surface area contributed by atoms with Gasteiger partial charge in [-0.2, -0.15) is 11.3 Å². The first kappa shape index (κ1) is 5.75. The molecule has 3 heteroatoms. The molecule has 0 aliphatic rings. The highest BCUT2D eigenvalue weighted by atomic mass is 32.1. The fourth-order valence-electron chi connectivity index (χ4n) is 0.443. The lowest BCUT2D eigenvalue weighted by Crippen LogP contribution is -2.06. The van der Waals surface area contributed by atoms with Crippen LogP contribution >= 0.6 is 11.3 Å². The van der Waals surface area contributed by atoms with Crippen LogP contribution in [0.15, 0.2) is 16.8 Å². The normalized spacial score (nSPS) is 13.8. The maximum absolute atomic E-state index is 8.70. The summed E-state index contributed by atoms with van der Waals surface area (Å²) in [5, 5.41) is 12.4. The first-order valence-corrected chi connectivity index (χ1v) is 3.21. The van der Waals surface area contributed by atoms with Crippen molar-refractivity contribution in [3.8, 4) is 0 Å².